The highest BCUT2D eigenvalue weighted by atomic mass is 16.5. The van der Waals surface area contributed by atoms with Crippen molar-refractivity contribution in [2.45, 2.75) is 39.5 Å². The van der Waals surface area contributed by atoms with Crippen LogP contribution in [0.25, 0.3) is 0 Å². The fourth-order valence-electron chi connectivity index (χ4n) is 2.31. The quantitative estimate of drug-likeness (QED) is 0.370. The maximum Gasteiger partial charge on any atom is 0.240 e. The van der Waals surface area contributed by atoms with Crippen molar-refractivity contribution in [3.63, 3.8) is 0 Å². The van der Waals surface area contributed by atoms with E-state index < -0.39 is 0 Å². The molecule has 2 aromatic carbocycles. The molecule has 2 amide bonds. The molecule has 2 N–H and O–H groups in total. The van der Waals surface area contributed by atoms with Gasteiger partial charge in [0, 0.05) is 18.5 Å². The zero-order valence-corrected chi connectivity index (χ0v) is 16.4. The second-order valence-corrected chi connectivity index (χ2v) is 6.48. The molecular weight excluding hydrogens is 354 g/mol. The van der Waals surface area contributed by atoms with Crippen molar-refractivity contribution in [3.05, 3.63) is 59.7 Å². The molecular formula is C22H27N3O3. The lowest BCUT2D eigenvalue weighted by Crippen LogP contribution is -2.20. The Bertz CT molecular complexity index is 784. The van der Waals surface area contributed by atoms with Gasteiger partial charge >= 0.3 is 0 Å². The Morgan fingerprint density at radius 1 is 1.00 bits per heavy atom. The number of carbonyl (C=O) groups is 2. The molecule has 0 radical (unpaired) electrons. The van der Waals surface area contributed by atoms with Crippen LogP contribution in [-0.4, -0.2) is 24.6 Å². The first kappa shape index (κ1) is 21.2. The van der Waals surface area contributed by atoms with E-state index in [0.29, 0.717) is 6.61 Å². The highest BCUT2D eigenvalue weighted by Gasteiger charge is 2.06. The van der Waals surface area contributed by atoms with Crippen LogP contribution in [0.15, 0.2) is 53.6 Å². The fourth-order valence-corrected chi connectivity index (χ4v) is 2.31. The Hall–Kier alpha value is -3.15. The normalized spacial score (nSPS) is 10.6. The monoisotopic (exact) mass is 381 g/mol. The molecule has 148 valence electrons. The summed E-state index contributed by atoms with van der Waals surface area (Å²) >= 11 is 0. The summed E-state index contributed by atoms with van der Waals surface area (Å²) in [5.41, 5.74) is 5.12. The summed E-state index contributed by atoms with van der Waals surface area (Å²) in [6.07, 6.45) is 3.84. The third-order valence-electron chi connectivity index (χ3n) is 3.96. The zero-order chi connectivity index (χ0) is 20.2. The van der Waals surface area contributed by atoms with E-state index in [1.54, 1.807) is 6.21 Å². The van der Waals surface area contributed by atoms with Crippen molar-refractivity contribution in [1.29, 1.82) is 0 Å². The molecule has 0 saturated carbocycles. The molecule has 0 aliphatic rings. The summed E-state index contributed by atoms with van der Waals surface area (Å²) in [4.78, 5) is 23.7. The van der Waals surface area contributed by atoms with Gasteiger partial charge < -0.3 is 10.1 Å². The van der Waals surface area contributed by atoms with Gasteiger partial charge in [-0.1, -0.05) is 31.0 Å². The van der Waals surface area contributed by atoms with Crippen LogP contribution in [0.1, 0.15) is 43.7 Å². The summed E-state index contributed by atoms with van der Waals surface area (Å²) < 4.78 is 5.59. The van der Waals surface area contributed by atoms with Crippen molar-refractivity contribution in [3.8, 4) is 5.75 Å². The van der Waals surface area contributed by atoms with Gasteiger partial charge in [-0.3, -0.25) is 9.59 Å². The van der Waals surface area contributed by atoms with Crippen LogP contribution in [0.2, 0.25) is 0 Å². The lowest BCUT2D eigenvalue weighted by Gasteiger charge is -2.05. The second kappa shape index (κ2) is 11.5. The Morgan fingerprint density at radius 3 is 2.36 bits per heavy atom. The molecule has 0 fully saturated rings. The third-order valence-corrected chi connectivity index (χ3v) is 3.96. The van der Waals surface area contributed by atoms with Gasteiger partial charge in [0.25, 0.3) is 0 Å². The van der Waals surface area contributed by atoms with E-state index in [1.807, 2.05) is 55.5 Å². The number of rotatable bonds is 10. The van der Waals surface area contributed by atoms with Crippen LogP contribution < -0.4 is 15.5 Å². The van der Waals surface area contributed by atoms with E-state index in [9.17, 15) is 9.59 Å². The minimum atomic E-state index is -0.310. The number of benzene rings is 2. The predicted octanol–water partition coefficient (Wildman–Crippen LogP) is 4.04. The molecule has 6 nitrogen and oxygen atoms in total. The first-order chi connectivity index (χ1) is 13.6. The maximum atomic E-state index is 11.9. The average Bonchev–Trinajstić information content (AvgIpc) is 2.69. The van der Waals surface area contributed by atoms with Crippen molar-refractivity contribution in [1.82, 2.24) is 5.43 Å². The number of amides is 2. The summed E-state index contributed by atoms with van der Waals surface area (Å²) in [5.74, 6) is 0.297. The van der Waals surface area contributed by atoms with E-state index in [-0.39, 0.29) is 24.7 Å². The third kappa shape index (κ3) is 8.03. The van der Waals surface area contributed by atoms with Crippen LogP contribution in [0.3, 0.4) is 0 Å². The summed E-state index contributed by atoms with van der Waals surface area (Å²) in [6.45, 7) is 4.80. The lowest BCUT2D eigenvalue weighted by molar-refractivity contribution is -0.124. The average molecular weight is 381 g/mol. The zero-order valence-electron chi connectivity index (χ0n) is 16.4. The molecule has 0 unspecified atom stereocenters. The second-order valence-electron chi connectivity index (χ2n) is 6.48. The van der Waals surface area contributed by atoms with E-state index in [2.05, 4.69) is 22.8 Å². The first-order valence-corrected chi connectivity index (χ1v) is 9.48. The van der Waals surface area contributed by atoms with Crippen molar-refractivity contribution < 1.29 is 14.3 Å². The van der Waals surface area contributed by atoms with E-state index >= 15 is 0 Å². The van der Waals surface area contributed by atoms with Gasteiger partial charge in [0.2, 0.25) is 11.8 Å². The van der Waals surface area contributed by atoms with E-state index in [0.717, 1.165) is 35.4 Å². The topological polar surface area (TPSA) is 79.8 Å². The van der Waals surface area contributed by atoms with Gasteiger partial charge in [0.1, 0.15) is 5.75 Å². The molecule has 0 spiro atoms. The van der Waals surface area contributed by atoms with Gasteiger partial charge in [-0.15, -0.1) is 0 Å². The van der Waals surface area contributed by atoms with E-state index in [1.165, 1.54) is 0 Å². The fraction of sp³-hybridized carbons (Fsp3) is 0.318. The molecule has 2 rings (SSSR count). The number of hydrogen-bond acceptors (Lipinski definition) is 4. The molecule has 0 saturated heterocycles. The van der Waals surface area contributed by atoms with Crippen LogP contribution in [0, 0.1) is 6.92 Å². The van der Waals surface area contributed by atoms with Crippen LogP contribution in [-0.2, 0) is 9.59 Å². The van der Waals surface area contributed by atoms with Crippen LogP contribution in [0.5, 0.6) is 5.75 Å². The molecule has 0 heterocycles. The molecule has 0 atom stereocenters. The Balaban J connectivity index is 1.68. The molecule has 0 aliphatic heterocycles. The number of hydrazone groups is 1. The minimum Gasteiger partial charge on any atom is -0.494 e. The number of anilines is 1. The first-order valence-electron chi connectivity index (χ1n) is 9.48. The number of hydrogen-bond donors (Lipinski definition) is 2. The molecule has 2 aromatic rings. The van der Waals surface area contributed by atoms with Crippen molar-refractivity contribution in [2.75, 3.05) is 11.9 Å². The number of ether oxygens (including phenoxy) is 1. The number of nitrogens with one attached hydrogen (secondary N) is 2. The summed E-state index contributed by atoms with van der Waals surface area (Å²) in [5, 5.41) is 6.68. The summed E-state index contributed by atoms with van der Waals surface area (Å²) in [7, 11) is 0. The van der Waals surface area contributed by atoms with Gasteiger partial charge in [0.05, 0.1) is 12.8 Å². The standard InChI is InChI=1S/C22H27N3O3/c1-3-4-15-28-20-11-7-18(8-12-20)16-23-25-22(27)14-13-21(26)24-19-9-5-17(2)6-10-19/h5-12,16H,3-4,13-15H2,1-2H3,(H,24,26)(H,25,27). The van der Waals surface area contributed by atoms with Gasteiger partial charge in [-0.05, 0) is 55.3 Å². The SMILES string of the molecule is CCCCOc1ccc(C=NNC(=O)CCC(=O)Nc2ccc(C)cc2)cc1. The molecule has 6 heteroatoms. The lowest BCUT2D eigenvalue weighted by atomic mass is 10.2. The van der Waals surface area contributed by atoms with Gasteiger partial charge in [-0.25, -0.2) is 5.43 Å². The predicted molar refractivity (Wildman–Crippen MR) is 112 cm³/mol. The maximum absolute atomic E-state index is 11.9. The van der Waals surface area contributed by atoms with Crippen molar-refractivity contribution >= 4 is 23.7 Å². The van der Waals surface area contributed by atoms with Gasteiger partial charge in [0.15, 0.2) is 0 Å². The number of nitrogens with zero attached hydrogens (tertiary/aromatic N) is 1. The smallest absolute Gasteiger partial charge is 0.240 e. The van der Waals surface area contributed by atoms with Gasteiger partial charge in [-0.2, -0.15) is 5.10 Å². The van der Waals surface area contributed by atoms with Crippen LogP contribution >= 0.6 is 0 Å². The largest absolute Gasteiger partial charge is 0.494 e. The Morgan fingerprint density at radius 2 is 1.68 bits per heavy atom. The molecule has 28 heavy (non-hydrogen) atoms. The minimum absolute atomic E-state index is 0.0687. The number of unbranched alkanes of at least 4 members (excludes halogenated alkanes) is 1. The Kier molecular flexibility index (Phi) is 8.72. The number of aryl methyl sites for hydroxylation is 1. The highest BCUT2D eigenvalue weighted by Crippen LogP contribution is 2.12. The number of carbonyl (C=O) groups excluding carboxylic acids is 2. The Labute approximate surface area is 166 Å². The summed E-state index contributed by atoms with van der Waals surface area (Å²) in [6, 6.07) is 15.0. The highest BCUT2D eigenvalue weighted by molar-refractivity contribution is 5.93. The molecule has 0 aliphatic carbocycles. The van der Waals surface area contributed by atoms with Crippen molar-refractivity contribution in [2.24, 2.45) is 5.10 Å². The van der Waals surface area contributed by atoms with E-state index in [4.69, 9.17) is 4.74 Å². The van der Waals surface area contributed by atoms with Crippen LogP contribution in [0.4, 0.5) is 5.69 Å². The molecule has 0 aromatic heterocycles. The molecule has 0 bridgehead atoms.